The molecule has 0 bridgehead atoms. The first-order chi connectivity index (χ1) is 8.69. The number of rotatable bonds is 8. The molecule has 0 aromatic heterocycles. The van der Waals surface area contributed by atoms with Crippen LogP contribution in [0.1, 0.15) is 65.7 Å². The molecule has 2 heteroatoms. The van der Waals surface area contributed by atoms with Crippen molar-refractivity contribution in [1.82, 2.24) is 5.32 Å². The molecule has 0 aromatic rings. The summed E-state index contributed by atoms with van der Waals surface area (Å²) in [6, 6.07) is 0.540. The van der Waals surface area contributed by atoms with E-state index >= 15 is 0 Å². The van der Waals surface area contributed by atoms with Crippen LogP contribution in [0.4, 0.5) is 0 Å². The van der Waals surface area contributed by atoms with E-state index in [0.717, 1.165) is 12.5 Å². The fraction of sp³-hybridized carbons (Fsp3) is 1.00. The first-order valence-corrected chi connectivity index (χ1v) is 7.95. The van der Waals surface area contributed by atoms with Gasteiger partial charge in [-0.15, -0.1) is 0 Å². The van der Waals surface area contributed by atoms with Crippen LogP contribution in [0, 0.1) is 11.8 Å². The van der Waals surface area contributed by atoms with Gasteiger partial charge in [-0.05, 0) is 31.2 Å². The summed E-state index contributed by atoms with van der Waals surface area (Å²) in [5.74, 6) is 1.51. The summed E-state index contributed by atoms with van der Waals surface area (Å²) >= 11 is 0. The van der Waals surface area contributed by atoms with Gasteiger partial charge >= 0.3 is 0 Å². The van der Waals surface area contributed by atoms with Crippen LogP contribution in [0.3, 0.4) is 0 Å². The second-order valence-electron chi connectivity index (χ2n) is 6.24. The minimum absolute atomic E-state index is 0.360. The Morgan fingerprint density at radius 2 is 1.83 bits per heavy atom. The maximum Gasteiger partial charge on any atom is 0.0747 e. The summed E-state index contributed by atoms with van der Waals surface area (Å²) in [6.07, 6.45) is 10.0. The van der Waals surface area contributed by atoms with E-state index in [9.17, 15) is 0 Å². The zero-order valence-electron chi connectivity index (χ0n) is 12.9. The number of hydrogen-bond acceptors (Lipinski definition) is 2. The molecule has 2 nitrogen and oxygen atoms in total. The normalized spacial score (nSPS) is 21.2. The Bertz CT molecular complexity index is 199. The van der Waals surface area contributed by atoms with Crippen molar-refractivity contribution in [3.8, 4) is 0 Å². The molecule has 1 aliphatic rings. The van der Waals surface area contributed by atoms with Crippen LogP contribution in [-0.2, 0) is 4.74 Å². The first kappa shape index (κ1) is 16.0. The molecule has 2 atom stereocenters. The first-order valence-electron chi connectivity index (χ1n) is 7.95. The van der Waals surface area contributed by atoms with Crippen molar-refractivity contribution >= 4 is 0 Å². The molecule has 108 valence electrons. The van der Waals surface area contributed by atoms with Gasteiger partial charge in [0, 0.05) is 13.2 Å². The van der Waals surface area contributed by atoms with Gasteiger partial charge in [-0.2, -0.15) is 0 Å². The van der Waals surface area contributed by atoms with Gasteiger partial charge < -0.3 is 10.1 Å². The van der Waals surface area contributed by atoms with E-state index in [-0.39, 0.29) is 0 Å². The summed E-state index contributed by atoms with van der Waals surface area (Å²) in [5.41, 5.74) is 0. The monoisotopic (exact) mass is 255 g/mol. The molecule has 1 fully saturated rings. The molecule has 0 saturated heterocycles. The molecular weight excluding hydrogens is 222 g/mol. The molecule has 0 aromatic carbocycles. The number of hydrogen-bond donors (Lipinski definition) is 1. The minimum atomic E-state index is 0.360. The van der Waals surface area contributed by atoms with Crippen LogP contribution in [0.2, 0.25) is 0 Å². The summed E-state index contributed by atoms with van der Waals surface area (Å²) in [5, 5.41) is 3.72. The molecule has 18 heavy (non-hydrogen) atoms. The highest BCUT2D eigenvalue weighted by Crippen LogP contribution is 2.29. The van der Waals surface area contributed by atoms with Crippen LogP contribution in [0.5, 0.6) is 0 Å². The summed E-state index contributed by atoms with van der Waals surface area (Å²) < 4.78 is 5.75. The van der Waals surface area contributed by atoms with Gasteiger partial charge in [0.15, 0.2) is 0 Å². The molecular formula is C16H33NO. The van der Waals surface area contributed by atoms with Crippen molar-refractivity contribution in [2.45, 2.75) is 77.9 Å². The Kier molecular flexibility index (Phi) is 7.92. The SMILES string of the molecule is CCCNC(CC1CCCCC1)C(OC)C(C)C. The third-order valence-corrected chi connectivity index (χ3v) is 4.29. The largest absolute Gasteiger partial charge is 0.380 e. The highest BCUT2D eigenvalue weighted by molar-refractivity contribution is 4.83. The van der Waals surface area contributed by atoms with Crippen LogP contribution >= 0.6 is 0 Å². The predicted molar refractivity (Wildman–Crippen MR) is 78.9 cm³/mol. The van der Waals surface area contributed by atoms with E-state index in [0.29, 0.717) is 18.1 Å². The smallest absolute Gasteiger partial charge is 0.0747 e. The summed E-state index contributed by atoms with van der Waals surface area (Å²) in [6.45, 7) is 7.90. The Hall–Kier alpha value is -0.0800. The van der Waals surface area contributed by atoms with Crippen molar-refractivity contribution in [3.63, 3.8) is 0 Å². The van der Waals surface area contributed by atoms with Gasteiger partial charge in [0.05, 0.1) is 6.10 Å². The molecule has 1 N–H and O–H groups in total. The zero-order chi connectivity index (χ0) is 13.4. The standard InChI is InChI=1S/C16H33NO/c1-5-11-17-15(16(18-4)13(2)3)12-14-9-7-6-8-10-14/h13-17H,5-12H2,1-4H3. The third-order valence-electron chi connectivity index (χ3n) is 4.29. The third kappa shape index (κ3) is 5.27. The summed E-state index contributed by atoms with van der Waals surface area (Å²) in [7, 11) is 1.87. The second kappa shape index (κ2) is 8.92. The van der Waals surface area contributed by atoms with Crippen LogP contribution in [0.15, 0.2) is 0 Å². The van der Waals surface area contributed by atoms with Gasteiger partial charge in [0.1, 0.15) is 0 Å². The van der Waals surface area contributed by atoms with Gasteiger partial charge in [0.2, 0.25) is 0 Å². The van der Waals surface area contributed by atoms with Gasteiger partial charge in [-0.3, -0.25) is 0 Å². The second-order valence-corrected chi connectivity index (χ2v) is 6.24. The van der Waals surface area contributed by atoms with E-state index in [4.69, 9.17) is 4.74 Å². The molecule has 0 spiro atoms. The Balaban J connectivity index is 2.51. The molecule has 1 saturated carbocycles. The lowest BCUT2D eigenvalue weighted by molar-refractivity contribution is 0.0240. The maximum absolute atomic E-state index is 5.75. The molecule has 0 heterocycles. The average molecular weight is 255 g/mol. The predicted octanol–water partition coefficient (Wildman–Crippen LogP) is 4.00. The quantitative estimate of drug-likeness (QED) is 0.708. The van der Waals surface area contributed by atoms with Crippen molar-refractivity contribution in [2.24, 2.45) is 11.8 Å². The topological polar surface area (TPSA) is 21.3 Å². The average Bonchev–Trinajstić information content (AvgIpc) is 2.37. The van der Waals surface area contributed by atoms with Crippen LogP contribution in [-0.4, -0.2) is 25.8 Å². The van der Waals surface area contributed by atoms with Gasteiger partial charge in [0.25, 0.3) is 0 Å². The fourth-order valence-electron chi connectivity index (χ4n) is 3.35. The lowest BCUT2D eigenvalue weighted by atomic mass is 9.82. The Morgan fingerprint density at radius 1 is 1.17 bits per heavy atom. The Morgan fingerprint density at radius 3 is 2.33 bits per heavy atom. The lowest BCUT2D eigenvalue weighted by Crippen LogP contribution is -2.45. The van der Waals surface area contributed by atoms with E-state index in [1.807, 2.05) is 7.11 Å². The van der Waals surface area contributed by atoms with Crippen molar-refractivity contribution < 1.29 is 4.74 Å². The molecule has 2 unspecified atom stereocenters. The number of ether oxygens (including phenoxy) is 1. The molecule has 1 aliphatic carbocycles. The van der Waals surface area contributed by atoms with E-state index in [1.165, 1.54) is 44.9 Å². The molecule has 1 rings (SSSR count). The highest BCUT2D eigenvalue weighted by Gasteiger charge is 2.27. The molecule has 0 aliphatic heterocycles. The van der Waals surface area contributed by atoms with E-state index in [1.54, 1.807) is 0 Å². The van der Waals surface area contributed by atoms with Crippen molar-refractivity contribution in [2.75, 3.05) is 13.7 Å². The lowest BCUT2D eigenvalue weighted by Gasteiger charge is -2.34. The molecule has 0 radical (unpaired) electrons. The van der Waals surface area contributed by atoms with Crippen LogP contribution < -0.4 is 5.32 Å². The van der Waals surface area contributed by atoms with Crippen LogP contribution in [0.25, 0.3) is 0 Å². The van der Waals surface area contributed by atoms with E-state index in [2.05, 4.69) is 26.1 Å². The van der Waals surface area contributed by atoms with Gasteiger partial charge in [-0.1, -0.05) is 52.9 Å². The number of methoxy groups -OCH3 is 1. The van der Waals surface area contributed by atoms with E-state index < -0.39 is 0 Å². The van der Waals surface area contributed by atoms with Crippen molar-refractivity contribution in [1.29, 1.82) is 0 Å². The van der Waals surface area contributed by atoms with Gasteiger partial charge in [-0.25, -0.2) is 0 Å². The summed E-state index contributed by atoms with van der Waals surface area (Å²) in [4.78, 5) is 0. The highest BCUT2D eigenvalue weighted by atomic mass is 16.5. The maximum atomic E-state index is 5.75. The minimum Gasteiger partial charge on any atom is -0.380 e. The van der Waals surface area contributed by atoms with Crippen molar-refractivity contribution in [3.05, 3.63) is 0 Å². The number of nitrogens with one attached hydrogen (secondary N) is 1. The fourth-order valence-corrected chi connectivity index (χ4v) is 3.35. The Labute approximate surface area is 114 Å². The zero-order valence-corrected chi connectivity index (χ0v) is 12.9. The molecule has 0 amide bonds.